The minimum absolute atomic E-state index is 0.00598. The predicted octanol–water partition coefficient (Wildman–Crippen LogP) is 3.64. The van der Waals surface area contributed by atoms with Crippen molar-refractivity contribution in [1.29, 1.82) is 0 Å². The molecular formula is C22H29ClN2O6S. The maximum atomic E-state index is 13.0. The second-order valence-corrected chi connectivity index (χ2v) is 9.21. The first-order valence-electron chi connectivity index (χ1n) is 10.1. The van der Waals surface area contributed by atoms with Crippen LogP contribution in [-0.2, 0) is 14.8 Å². The fraction of sp³-hybridized carbons (Fsp3) is 0.409. The lowest BCUT2D eigenvalue weighted by atomic mass is 10.1. The summed E-state index contributed by atoms with van der Waals surface area (Å²) in [7, 11) is -0.853. The van der Waals surface area contributed by atoms with Gasteiger partial charge < -0.3 is 19.5 Å². The molecule has 0 aromatic heterocycles. The average Bonchev–Trinajstić information content (AvgIpc) is 2.78. The molecule has 8 nitrogen and oxygen atoms in total. The van der Waals surface area contributed by atoms with Gasteiger partial charge in [0.25, 0.3) is 0 Å². The first-order valence-corrected chi connectivity index (χ1v) is 11.9. The number of rotatable bonds is 11. The van der Waals surface area contributed by atoms with Gasteiger partial charge in [-0.05, 0) is 49.7 Å². The van der Waals surface area contributed by atoms with Gasteiger partial charge in [0, 0.05) is 6.54 Å². The topological polar surface area (TPSA) is 94.2 Å². The molecule has 0 bridgehead atoms. The molecule has 1 atom stereocenters. The Hall–Kier alpha value is -2.49. The number of sulfonamides is 1. The molecule has 176 valence electrons. The van der Waals surface area contributed by atoms with Gasteiger partial charge in [-0.15, -0.1) is 0 Å². The zero-order valence-electron chi connectivity index (χ0n) is 18.8. The molecule has 0 radical (unpaired) electrons. The molecule has 0 aliphatic heterocycles. The molecule has 0 heterocycles. The third kappa shape index (κ3) is 6.05. The van der Waals surface area contributed by atoms with E-state index in [2.05, 4.69) is 5.32 Å². The standard InChI is InChI=1S/C22H29ClN2O6S/c1-6-25(32(27,28)17-9-11-19(31-7-2)18(23)13-17)14-22(26)24-15(3)16-8-10-20(29-4)21(12-16)30-5/h8-13,15H,6-7,14H2,1-5H3,(H,24,26). The van der Waals surface area contributed by atoms with E-state index in [-0.39, 0.29) is 29.0 Å². The number of ether oxygens (including phenoxy) is 3. The summed E-state index contributed by atoms with van der Waals surface area (Å²) in [4.78, 5) is 12.6. The van der Waals surface area contributed by atoms with Crippen molar-refractivity contribution in [2.75, 3.05) is 33.9 Å². The third-order valence-corrected chi connectivity index (χ3v) is 7.01. The highest BCUT2D eigenvalue weighted by atomic mass is 35.5. The Morgan fingerprint density at radius 2 is 1.72 bits per heavy atom. The normalized spacial score (nSPS) is 12.3. The summed E-state index contributed by atoms with van der Waals surface area (Å²) in [6.45, 7) is 5.47. The van der Waals surface area contributed by atoms with Crippen molar-refractivity contribution >= 4 is 27.5 Å². The van der Waals surface area contributed by atoms with Gasteiger partial charge >= 0.3 is 0 Å². The number of nitrogens with one attached hydrogen (secondary N) is 1. The second-order valence-electron chi connectivity index (χ2n) is 6.86. The zero-order chi connectivity index (χ0) is 23.9. The quantitative estimate of drug-likeness (QED) is 0.523. The molecule has 0 saturated carbocycles. The molecule has 0 aliphatic rings. The van der Waals surface area contributed by atoms with Crippen molar-refractivity contribution in [3.8, 4) is 17.2 Å². The van der Waals surface area contributed by atoms with Crippen LogP contribution < -0.4 is 19.5 Å². The number of hydrogen-bond donors (Lipinski definition) is 1. The van der Waals surface area contributed by atoms with Crippen molar-refractivity contribution in [2.45, 2.75) is 31.7 Å². The van der Waals surface area contributed by atoms with Crippen LogP contribution in [0, 0.1) is 0 Å². The molecule has 2 rings (SSSR count). The third-order valence-electron chi connectivity index (χ3n) is 4.80. The Labute approximate surface area is 194 Å². The lowest BCUT2D eigenvalue weighted by molar-refractivity contribution is -0.121. The van der Waals surface area contributed by atoms with E-state index in [0.717, 1.165) is 9.87 Å². The van der Waals surface area contributed by atoms with Crippen LogP contribution in [0.15, 0.2) is 41.3 Å². The summed E-state index contributed by atoms with van der Waals surface area (Å²) in [5.41, 5.74) is 0.792. The number of carbonyl (C=O) groups excluding carboxylic acids is 1. The Morgan fingerprint density at radius 3 is 2.28 bits per heavy atom. The van der Waals surface area contributed by atoms with Crippen LogP contribution in [0.2, 0.25) is 5.02 Å². The molecule has 0 aliphatic carbocycles. The fourth-order valence-electron chi connectivity index (χ4n) is 3.08. The molecule has 0 fully saturated rings. The van der Waals surface area contributed by atoms with Crippen LogP contribution in [-0.4, -0.2) is 52.5 Å². The molecule has 2 aromatic rings. The molecule has 0 saturated heterocycles. The van der Waals surface area contributed by atoms with Crippen LogP contribution in [0.3, 0.4) is 0 Å². The van der Waals surface area contributed by atoms with Gasteiger partial charge in [-0.3, -0.25) is 4.79 Å². The number of likely N-dealkylation sites (N-methyl/N-ethyl adjacent to an activating group) is 1. The van der Waals surface area contributed by atoms with E-state index < -0.39 is 15.9 Å². The summed E-state index contributed by atoms with van der Waals surface area (Å²) >= 11 is 6.14. The number of nitrogens with zero attached hydrogens (tertiary/aromatic N) is 1. The van der Waals surface area contributed by atoms with E-state index >= 15 is 0 Å². The molecule has 1 N–H and O–H groups in total. The Kier molecular flexibility index (Phi) is 9.18. The fourth-order valence-corrected chi connectivity index (χ4v) is 4.82. The molecule has 32 heavy (non-hydrogen) atoms. The zero-order valence-corrected chi connectivity index (χ0v) is 20.4. The first-order chi connectivity index (χ1) is 15.2. The van der Waals surface area contributed by atoms with Crippen LogP contribution in [0.5, 0.6) is 17.2 Å². The van der Waals surface area contributed by atoms with Gasteiger partial charge in [-0.1, -0.05) is 24.6 Å². The van der Waals surface area contributed by atoms with Crippen LogP contribution in [0.25, 0.3) is 0 Å². The van der Waals surface area contributed by atoms with Crippen LogP contribution >= 0.6 is 11.6 Å². The van der Waals surface area contributed by atoms with Crippen molar-refractivity contribution < 1.29 is 27.4 Å². The van der Waals surface area contributed by atoms with E-state index in [1.165, 1.54) is 25.3 Å². The maximum Gasteiger partial charge on any atom is 0.243 e. The van der Waals surface area contributed by atoms with Crippen molar-refractivity contribution in [1.82, 2.24) is 9.62 Å². The minimum atomic E-state index is -3.92. The second kappa shape index (κ2) is 11.4. The highest BCUT2D eigenvalue weighted by Gasteiger charge is 2.27. The smallest absolute Gasteiger partial charge is 0.243 e. The largest absolute Gasteiger partial charge is 0.493 e. The van der Waals surface area contributed by atoms with Gasteiger partial charge in [0.2, 0.25) is 15.9 Å². The predicted molar refractivity (Wildman–Crippen MR) is 123 cm³/mol. The first kappa shape index (κ1) is 25.8. The molecule has 0 spiro atoms. The maximum absolute atomic E-state index is 13.0. The number of halogens is 1. The van der Waals surface area contributed by atoms with Gasteiger partial charge in [-0.25, -0.2) is 8.42 Å². The van der Waals surface area contributed by atoms with Gasteiger partial charge in [0.05, 0.1) is 43.3 Å². The summed E-state index contributed by atoms with van der Waals surface area (Å²) in [5, 5.41) is 3.01. The van der Waals surface area contributed by atoms with E-state index in [1.807, 2.05) is 6.07 Å². The van der Waals surface area contributed by atoms with E-state index in [9.17, 15) is 13.2 Å². The SMILES string of the molecule is CCOc1ccc(S(=O)(=O)N(CC)CC(=O)NC(C)c2ccc(OC)c(OC)c2)cc1Cl. The number of amides is 1. The van der Waals surface area contributed by atoms with E-state index in [4.69, 9.17) is 25.8 Å². The lowest BCUT2D eigenvalue weighted by Crippen LogP contribution is -2.41. The van der Waals surface area contributed by atoms with E-state index in [0.29, 0.717) is 23.9 Å². The van der Waals surface area contributed by atoms with Gasteiger partial charge in [0.1, 0.15) is 5.75 Å². The van der Waals surface area contributed by atoms with Gasteiger partial charge in [-0.2, -0.15) is 4.31 Å². The Morgan fingerprint density at radius 1 is 1.06 bits per heavy atom. The Balaban J connectivity index is 2.14. The highest BCUT2D eigenvalue weighted by Crippen LogP contribution is 2.30. The van der Waals surface area contributed by atoms with Crippen molar-refractivity contribution in [3.05, 3.63) is 47.0 Å². The van der Waals surface area contributed by atoms with E-state index in [1.54, 1.807) is 40.0 Å². The van der Waals surface area contributed by atoms with Crippen molar-refractivity contribution in [3.63, 3.8) is 0 Å². The summed E-state index contributed by atoms with van der Waals surface area (Å²) < 4.78 is 43.1. The number of hydrogen-bond acceptors (Lipinski definition) is 6. The summed E-state index contributed by atoms with van der Waals surface area (Å²) in [6.07, 6.45) is 0. The lowest BCUT2D eigenvalue weighted by Gasteiger charge is -2.22. The minimum Gasteiger partial charge on any atom is -0.493 e. The van der Waals surface area contributed by atoms with Gasteiger partial charge in [0.15, 0.2) is 11.5 Å². The number of benzene rings is 2. The van der Waals surface area contributed by atoms with Crippen molar-refractivity contribution in [2.24, 2.45) is 0 Å². The summed E-state index contributed by atoms with van der Waals surface area (Å²) in [6, 6.07) is 9.20. The van der Waals surface area contributed by atoms with Crippen LogP contribution in [0.1, 0.15) is 32.4 Å². The highest BCUT2D eigenvalue weighted by molar-refractivity contribution is 7.89. The molecule has 10 heteroatoms. The summed E-state index contributed by atoms with van der Waals surface area (Å²) in [5.74, 6) is 1.08. The molecular weight excluding hydrogens is 456 g/mol. The Bertz CT molecular complexity index is 1040. The monoisotopic (exact) mass is 484 g/mol. The van der Waals surface area contributed by atoms with Crippen LogP contribution in [0.4, 0.5) is 0 Å². The number of methoxy groups -OCH3 is 2. The molecule has 1 unspecified atom stereocenters. The number of carbonyl (C=O) groups is 1. The average molecular weight is 485 g/mol. The molecule has 2 aromatic carbocycles. The molecule has 1 amide bonds.